The largest absolute Gasteiger partial charge is 0.333 e. The zero-order chi connectivity index (χ0) is 10.6. The van der Waals surface area contributed by atoms with Crippen molar-refractivity contribution in [2.45, 2.75) is 32.7 Å². The van der Waals surface area contributed by atoms with Gasteiger partial charge in [0.25, 0.3) is 0 Å². The number of thioether (sulfide) groups is 1. The number of rotatable bonds is 2. The highest BCUT2D eigenvalue weighted by molar-refractivity contribution is 7.99. The summed E-state index contributed by atoms with van der Waals surface area (Å²) in [6.45, 7) is 7.98. The van der Waals surface area contributed by atoms with Gasteiger partial charge in [0, 0.05) is 30.1 Å². The summed E-state index contributed by atoms with van der Waals surface area (Å²) in [6, 6.07) is 0.0946. The van der Waals surface area contributed by atoms with E-state index in [1.54, 1.807) is 0 Å². The average Bonchev–Trinajstić information content (AvgIpc) is 2.19. The Balaban J connectivity index is 2.40. The number of carbonyl (C=O) groups excluding carboxylic acids is 1. The van der Waals surface area contributed by atoms with E-state index in [-0.39, 0.29) is 11.6 Å². The molecule has 2 amide bonds. The Morgan fingerprint density at radius 3 is 2.50 bits per heavy atom. The van der Waals surface area contributed by atoms with Crippen LogP contribution < -0.4 is 5.32 Å². The number of nitrogens with one attached hydrogen (secondary N) is 1. The number of carbonyl (C=O) groups is 1. The molecule has 4 heteroatoms. The Hall–Kier alpha value is -0.380. The fourth-order valence-corrected chi connectivity index (χ4v) is 2.13. The van der Waals surface area contributed by atoms with Crippen LogP contribution in [0.1, 0.15) is 27.2 Å². The van der Waals surface area contributed by atoms with Crippen LogP contribution in [0.15, 0.2) is 0 Å². The van der Waals surface area contributed by atoms with Crippen LogP contribution in [0.2, 0.25) is 0 Å². The van der Waals surface area contributed by atoms with Gasteiger partial charge in [-0.05, 0) is 20.3 Å². The lowest BCUT2D eigenvalue weighted by molar-refractivity contribution is 0.191. The van der Waals surface area contributed by atoms with Crippen LogP contribution in [-0.4, -0.2) is 41.1 Å². The maximum atomic E-state index is 11.8. The Kier molecular flexibility index (Phi) is 4.11. The summed E-state index contributed by atoms with van der Waals surface area (Å²) in [5.41, 5.74) is -0.0817. The monoisotopic (exact) mass is 216 g/mol. The van der Waals surface area contributed by atoms with Gasteiger partial charge in [-0.25, -0.2) is 4.79 Å². The van der Waals surface area contributed by atoms with Crippen molar-refractivity contribution in [1.82, 2.24) is 10.2 Å². The number of hydrogen-bond donors (Lipinski definition) is 1. The van der Waals surface area contributed by atoms with Crippen molar-refractivity contribution in [3.05, 3.63) is 0 Å². The Labute approximate surface area is 90.6 Å². The second kappa shape index (κ2) is 4.91. The molecule has 14 heavy (non-hydrogen) atoms. The Morgan fingerprint density at radius 1 is 1.43 bits per heavy atom. The lowest BCUT2D eigenvalue weighted by atomic mass is 10.0. The Morgan fingerprint density at radius 2 is 2.00 bits per heavy atom. The zero-order valence-electron chi connectivity index (χ0n) is 9.30. The minimum absolute atomic E-state index is 0.0817. The van der Waals surface area contributed by atoms with Crippen molar-refractivity contribution >= 4 is 17.8 Å². The fraction of sp³-hybridized carbons (Fsp3) is 0.900. The Bertz CT molecular complexity index is 200. The van der Waals surface area contributed by atoms with Crippen LogP contribution in [0.5, 0.6) is 0 Å². The van der Waals surface area contributed by atoms with E-state index in [2.05, 4.69) is 26.1 Å². The molecule has 1 aliphatic rings. The van der Waals surface area contributed by atoms with Gasteiger partial charge in [0.2, 0.25) is 0 Å². The van der Waals surface area contributed by atoms with E-state index >= 15 is 0 Å². The minimum Gasteiger partial charge on any atom is -0.333 e. The maximum Gasteiger partial charge on any atom is 0.317 e. The molecule has 0 bridgehead atoms. The predicted octanol–water partition coefficient (Wildman–Crippen LogP) is 1.93. The summed E-state index contributed by atoms with van der Waals surface area (Å²) in [5.74, 6) is 2.14. The van der Waals surface area contributed by atoms with Gasteiger partial charge >= 0.3 is 6.03 Å². The second-order valence-electron chi connectivity index (χ2n) is 4.27. The van der Waals surface area contributed by atoms with Gasteiger partial charge in [0.15, 0.2) is 0 Å². The van der Waals surface area contributed by atoms with Crippen LogP contribution in [0.4, 0.5) is 4.79 Å². The van der Waals surface area contributed by atoms with E-state index in [9.17, 15) is 4.79 Å². The topological polar surface area (TPSA) is 32.3 Å². The van der Waals surface area contributed by atoms with Crippen molar-refractivity contribution in [2.75, 3.05) is 24.6 Å². The van der Waals surface area contributed by atoms with E-state index < -0.39 is 0 Å². The molecule has 0 aromatic rings. The SMILES string of the molecule is CCC(C)(C)NC(=O)N1CCSCC1. The third-order valence-corrected chi connectivity index (χ3v) is 3.57. The molecule has 0 aliphatic carbocycles. The lowest BCUT2D eigenvalue weighted by Crippen LogP contribution is -2.51. The van der Waals surface area contributed by atoms with Crippen molar-refractivity contribution in [1.29, 1.82) is 0 Å². The average molecular weight is 216 g/mol. The molecule has 0 spiro atoms. The van der Waals surface area contributed by atoms with Crippen LogP contribution in [0.25, 0.3) is 0 Å². The smallest absolute Gasteiger partial charge is 0.317 e. The molecule has 1 fully saturated rings. The van der Waals surface area contributed by atoms with Crippen molar-refractivity contribution in [3.8, 4) is 0 Å². The van der Waals surface area contributed by atoms with E-state index in [4.69, 9.17) is 0 Å². The van der Waals surface area contributed by atoms with Gasteiger partial charge in [-0.2, -0.15) is 11.8 Å². The van der Waals surface area contributed by atoms with Gasteiger partial charge in [0.1, 0.15) is 0 Å². The van der Waals surface area contributed by atoms with Crippen LogP contribution in [0.3, 0.4) is 0 Å². The molecular weight excluding hydrogens is 196 g/mol. The van der Waals surface area contributed by atoms with Crippen LogP contribution in [0, 0.1) is 0 Å². The summed E-state index contributed by atoms with van der Waals surface area (Å²) in [7, 11) is 0. The first-order chi connectivity index (χ1) is 6.55. The normalized spacial score (nSPS) is 18.1. The number of amides is 2. The van der Waals surface area contributed by atoms with Gasteiger partial charge in [-0.3, -0.25) is 0 Å². The van der Waals surface area contributed by atoms with E-state index in [1.165, 1.54) is 0 Å². The summed E-state index contributed by atoms with van der Waals surface area (Å²) < 4.78 is 0. The fourth-order valence-electron chi connectivity index (χ4n) is 1.22. The summed E-state index contributed by atoms with van der Waals surface area (Å²) in [5, 5.41) is 3.05. The molecular formula is C10H20N2OS. The van der Waals surface area contributed by atoms with Crippen molar-refractivity contribution in [2.24, 2.45) is 0 Å². The first-order valence-corrected chi connectivity index (χ1v) is 6.35. The molecule has 1 saturated heterocycles. The van der Waals surface area contributed by atoms with Gasteiger partial charge in [-0.1, -0.05) is 6.92 Å². The highest BCUT2D eigenvalue weighted by Crippen LogP contribution is 2.12. The molecule has 3 nitrogen and oxygen atoms in total. The summed E-state index contributed by atoms with van der Waals surface area (Å²) >= 11 is 1.92. The van der Waals surface area contributed by atoms with Gasteiger partial charge < -0.3 is 10.2 Å². The molecule has 1 rings (SSSR count). The second-order valence-corrected chi connectivity index (χ2v) is 5.49. The number of nitrogens with zero attached hydrogens (tertiary/aromatic N) is 1. The minimum atomic E-state index is -0.0817. The molecule has 0 saturated carbocycles. The molecule has 1 heterocycles. The first kappa shape index (κ1) is 11.7. The van der Waals surface area contributed by atoms with Gasteiger partial charge in [0.05, 0.1) is 0 Å². The molecule has 0 atom stereocenters. The van der Waals surface area contributed by atoms with Crippen LogP contribution >= 0.6 is 11.8 Å². The van der Waals surface area contributed by atoms with Crippen molar-refractivity contribution in [3.63, 3.8) is 0 Å². The quantitative estimate of drug-likeness (QED) is 0.765. The highest BCUT2D eigenvalue weighted by Gasteiger charge is 2.22. The van der Waals surface area contributed by atoms with E-state index in [0.29, 0.717) is 0 Å². The van der Waals surface area contributed by atoms with Crippen LogP contribution in [-0.2, 0) is 0 Å². The molecule has 0 unspecified atom stereocenters. The maximum absolute atomic E-state index is 11.8. The molecule has 0 aromatic carbocycles. The summed E-state index contributed by atoms with van der Waals surface area (Å²) in [6.07, 6.45) is 0.960. The third kappa shape index (κ3) is 3.40. The first-order valence-electron chi connectivity index (χ1n) is 5.20. The molecule has 1 N–H and O–H groups in total. The number of urea groups is 1. The third-order valence-electron chi connectivity index (χ3n) is 2.63. The lowest BCUT2D eigenvalue weighted by Gasteiger charge is -2.32. The zero-order valence-corrected chi connectivity index (χ0v) is 10.1. The summed E-state index contributed by atoms with van der Waals surface area (Å²) in [4.78, 5) is 13.7. The standard InChI is InChI=1S/C10H20N2OS/c1-4-10(2,3)11-9(13)12-5-7-14-8-6-12/h4-8H2,1-3H3,(H,11,13). The molecule has 0 radical (unpaired) electrons. The molecule has 1 aliphatic heterocycles. The molecule has 0 aromatic heterocycles. The van der Waals surface area contributed by atoms with E-state index in [0.717, 1.165) is 31.0 Å². The predicted molar refractivity (Wildman–Crippen MR) is 61.8 cm³/mol. The van der Waals surface area contributed by atoms with E-state index in [1.807, 2.05) is 16.7 Å². The number of hydrogen-bond acceptors (Lipinski definition) is 2. The van der Waals surface area contributed by atoms with Crippen molar-refractivity contribution < 1.29 is 4.79 Å². The highest BCUT2D eigenvalue weighted by atomic mass is 32.2. The molecule has 82 valence electrons. The van der Waals surface area contributed by atoms with Gasteiger partial charge in [-0.15, -0.1) is 0 Å².